The van der Waals surface area contributed by atoms with E-state index in [4.69, 9.17) is 5.73 Å². The minimum absolute atomic E-state index is 0.130. The molecule has 26 heavy (non-hydrogen) atoms. The molecule has 0 spiro atoms. The molecule has 0 amide bonds. The maximum atomic E-state index is 12.1. The molecule has 3 rings (SSSR count). The molecule has 3 aromatic rings. The van der Waals surface area contributed by atoms with Gasteiger partial charge in [-0.25, -0.2) is 4.98 Å². The van der Waals surface area contributed by atoms with Crippen LogP contribution in [0, 0.1) is 0 Å². The summed E-state index contributed by atoms with van der Waals surface area (Å²) >= 11 is 1.70. The first kappa shape index (κ1) is 18.3. The zero-order valence-electron chi connectivity index (χ0n) is 14.9. The summed E-state index contributed by atoms with van der Waals surface area (Å²) in [5, 5.41) is 3.39. The molecular weight excluding hydrogens is 344 g/mol. The summed E-state index contributed by atoms with van der Waals surface area (Å²) in [5.41, 5.74) is 10.8. The second kappa shape index (κ2) is 8.76. The highest BCUT2D eigenvalue weighted by Gasteiger charge is 2.08. The van der Waals surface area contributed by atoms with Crippen LogP contribution in [-0.4, -0.2) is 28.5 Å². The van der Waals surface area contributed by atoms with E-state index in [0.29, 0.717) is 23.3 Å². The number of aromatic nitrogens is 2. The minimum atomic E-state index is -0.130. The van der Waals surface area contributed by atoms with Crippen LogP contribution in [0.4, 0.5) is 11.4 Å². The maximum Gasteiger partial charge on any atom is 0.270 e. The number of nitrogens with one attached hydrogen (secondary N) is 2. The van der Waals surface area contributed by atoms with E-state index < -0.39 is 0 Å². The van der Waals surface area contributed by atoms with Crippen LogP contribution in [-0.2, 0) is 12.8 Å². The van der Waals surface area contributed by atoms with Gasteiger partial charge in [-0.1, -0.05) is 30.3 Å². The number of nitrogens with zero attached hydrogens (tertiary/aromatic N) is 1. The molecule has 0 fully saturated rings. The Labute approximate surface area is 157 Å². The van der Waals surface area contributed by atoms with Gasteiger partial charge in [0, 0.05) is 13.0 Å². The number of aromatic amines is 1. The van der Waals surface area contributed by atoms with Gasteiger partial charge in [0.2, 0.25) is 0 Å². The zero-order chi connectivity index (χ0) is 18.4. The molecule has 0 saturated heterocycles. The fourth-order valence-electron chi connectivity index (χ4n) is 2.87. The summed E-state index contributed by atoms with van der Waals surface area (Å²) in [4.78, 5) is 19.5. The number of thioether (sulfide) groups is 1. The van der Waals surface area contributed by atoms with Crippen molar-refractivity contribution in [3.63, 3.8) is 0 Å². The predicted molar refractivity (Wildman–Crippen MR) is 112 cm³/mol. The Kier molecular flexibility index (Phi) is 6.17. The molecule has 136 valence electrons. The maximum absolute atomic E-state index is 12.1. The zero-order valence-corrected chi connectivity index (χ0v) is 15.7. The molecule has 0 aliphatic rings. The lowest BCUT2D eigenvalue weighted by atomic mass is 10.1. The van der Waals surface area contributed by atoms with Gasteiger partial charge in [0.1, 0.15) is 5.69 Å². The topological polar surface area (TPSA) is 83.8 Å². The van der Waals surface area contributed by atoms with Gasteiger partial charge in [-0.05, 0) is 42.5 Å². The van der Waals surface area contributed by atoms with Gasteiger partial charge in [-0.2, -0.15) is 11.8 Å². The number of rotatable bonds is 8. The highest BCUT2D eigenvalue weighted by atomic mass is 32.2. The Balaban J connectivity index is 1.70. The lowest BCUT2D eigenvalue weighted by molar-refractivity contribution is 0.863. The van der Waals surface area contributed by atoms with Crippen LogP contribution < -0.4 is 16.6 Å². The molecule has 0 aliphatic carbocycles. The molecule has 6 heteroatoms. The van der Waals surface area contributed by atoms with E-state index in [9.17, 15) is 4.79 Å². The number of aryl methyl sites for hydroxylation is 2. The second-order valence-electron chi connectivity index (χ2n) is 6.23. The third-order valence-corrected chi connectivity index (χ3v) is 4.89. The van der Waals surface area contributed by atoms with Crippen LogP contribution in [0.15, 0.2) is 47.3 Å². The van der Waals surface area contributed by atoms with Crippen molar-refractivity contribution in [3.05, 3.63) is 64.1 Å². The van der Waals surface area contributed by atoms with Gasteiger partial charge in [0.15, 0.2) is 0 Å². The molecule has 0 saturated carbocycles. The van der Waals surface area contributed by atoms with E-state index >= 15 is 0 Å². The van der Waals surface area contributed by atoms with Gasteiger partial charge < -0.3 is 16.0 Å². The van der Waals surface area contributed by atoms with Crippen molar-refractivity contribution in [2.24, 2.45) is 0 Å². The van der Waals surface area contributed by atoms with E-state index in [1.165, 1.54) is 5.56 Å². The first-order chi connectivity index (χ1) is 12.7. The number of fused-ring (bicyclic) bond motifs is 1. The minimum Gasteiger partial charge on any atom is -0.397 e. The first-order valence-corrected chi connectivity index (χ1v) is 10.2. The lowest BCUT2D eigenvalue weighted by Crippen LogP contribution is -2.16. The van der Waals surface area contributed by atoms with Crippen LogP contribution in [0.5, 0.6) is 0 Å². The Bertz CT molecular complexity index is 924. The number of nitrogen functional groups attached to an aromatic ring is 1. The first-order valence-electron chi connectivity index (χ1n) is 8.76. The van der Waals surface area contributed by atoms with Gasteiger partial charge >= 0.3 is 0 Å². The van der Waals surface area contributed by atoms with Gasteiger partial charge in [0.25, 0.3) is 5.56 Å². The van der Waals surface area contributed by atoms with E-state index in [0.717, 1.165) is 36.3 Å². The number of hydrogen-bond acceptors (Lipinski definition) is 5. The number of nitrogens with two attached hydrogens (primary N) is 1. The molecular formula is C20H24N4OS. The average molecular weight is 369 g/mol. The summed E-state index contributed by atoms with van der Waals surface area (Å²) < 4.78 is 0. The molecule has 2 aromatic carbocycles. The summed E-state index contributed by atoms with van der Waals surface area (Å²) in [6.45, 7) is 0.827. The SMILES string of the molecule is CSCCc1nc2cc(NCCCc3ccccc3)c(N)cc2[nH]c1=O. The fraction of sp³-hybridized carbons (Fsp3) is 0.300. The molecule has 4 N–H and O–H groups in total. The van der Waals surface area contributed by atoms with Crippen molar-refractivity contribution in [1.82, 2.24) is 9.97 Å². The predicted octanol–water partition coefficient (Wildman–Crippen LogP) is 3.46. The highest BCUT2D eigenvalue weighted by Crippen LogP contribution is 2.23. The largest absolute Gasteiger partial charge is 0.397 e. The second-order valence-corrected chi connectivity index (χ2v) is 7.21. The molecule has 0 aliphatic heterocycles. The van der Waals surface area contributed by atoms with Crippen molar-refractivity contribution in [1.29, 1.82) is 0 Å². The Morgan fingerprint density at radius 3 is 2.77 bits per heavy atom. The van der Waals surface area contributed by atoms with Crippen molar-refractivity contribution >= 4 is 34.2 Å². The third kappa shape index (κ3) is 4.58. The number of benzene rings is 2. The Morgan fingerprint density at radius 2 is 2.00 bits per heavy atom. The van der Waals surface area contributed by atoms with Gasteiger partial charge in [-0.15, -0.1) is 0 Å². The molecule has 0 atom stereocenters. The van der Waals surface area contributed by atoms with Crippen LogP contribution in [0.25, 0.3) is 11.0 Å². The highest BCUT2D eigenvalue weighted by molar-refractivity contribution is 7.98. The van der Waals surface area contributed by atoms with Crippen LogP contribution in [0.2, 0.25) is 0 Å². The van der Waals surface area contributed by atoms with Crippen molar-refractivity contribution in [2.75, 3.05) is 29.6 Å². The van der Waals surface area contributed by atoms with Crippen molar-refractivity contribution < 1.29 is 0 Å². The lowest BCUT2D eigenvalue weighted by Gasteiger charge is -2.11. The standard InChI is InChI=1S/C20H24N4OS/c1-26-11-9-16-20(25)24-18-12-15(21)17(13-19(18)23-16)22-10-5-8-14-6-3-2-4-7-14/h2-4,6-7,12-13,22H,5,8-11,21H2,1H3,(H,24,25). The summed E-state index contributed by atoms with van der Waals surface area (Å²) in [5.74, 6) is 0.876. The van der Waals surface area contributed by atoms with E-state index in [-0.39, 0.29) is 5.56 Å². The Morgan fingerprint density at radius 1 is 1.19 bits per heavy atom. The van der Waals surface area contributed by atoms with Crippen LogP contribution in [0.3, 0.4) is 0 Å². The molecule has 0 unspecified atom stereocenters. The molecule has 5 nitrogen and oxygen atoms in total. The average Bonchev–Trinajstić information content (AvgIpc) is 2.65. The van der Waals surface area contributed by atoms with E-state index in [2.05, 4.69) is 39.6 Å². The quantitative estimate of drug-likeness (QED) is 0.419. The van der Waals surface area contributed by atoms with Crippen LogP contribution in [0.1, 0.15) is 17.7 Å². The van der Waals surface area contributed by atoms with Crippen LogP contribution >= 0.6 is 11.8 Å². The molecule has 0 bridgehead atoms. The Hall–Kier alpha value is -2.47. The number of anilines is 2. The normalized spacial score (nSPS) is 11.0. The molecule has 1 aromatic heterocycles. The van der Waals surface area contributed by atoms with Crippen molar-refractivity contribution in [2.45, 2.75) is 19.3 Å². The van der Waals surface area contributed by atoms with Gasteiger partial charge in [-0.3, -0.25) is 4.79 Å². The monoisotopic (exact) mass is 368 g/mol. The van der Waals surface area contributed by atoms with E-state index in [1.807, 2.05) is 18.4 Å². The van der Waals surface area contributed by atoms with E-state index in [1.54, 1.807) is 17.8 Å². The number of H-pyrrole nitrogens is 1. The number of hydrogen-bond donors (Lipinski definition) is 3. The fourth-order valence-corrected chi connectivity index (χ4v) is 3.27. The van der Waals surface area contributed by atoms with Gasteiger partial charge in [0.05, 0.1) is 22.4 Å². The summed E-state index contributed by atoms with van der Waals surface area (Å²) in [6.07, 6.45) is 4.72. The van der Waals surface area contributed by atoms with Crippen molar-refractivity contribution in [3.8, 4) is 0 Å². The molecule has 1 heterocycles. The third-order valence-electron chi connectivity index (χ3n) is 4.28. The molecule has 0 radical (unpaired) electrons. The summed E-state index contributed by atoms with van der Waals surface area (Å²) in [7, 11) is 0. The summed E-state index contributed by atoms with van der Waals surface area (Å²) in [6, 6.07) is 14.1. The smallest absolute Gasteiger partial charge is 0.270 e.